The lowest BCUT2D eigenvalue weighted by Crippen LogP contribution is -2.41. The van der Waals surface area contributed by atoms with E-state index in [-0.39, 0.29) is 12.3 Å². The first-order valence-corrected chi connectivity index (χ1v) is 8.58. The molecule has 0 bridgehead atoms. The number of sulfonamides is 1. The number of hydrogen-bond donors (Lipinski definition) is 3. The number of rotatable bonds is 8. The van der Waals surface area contributed by atoms with E-state index in [9.17, 15) is 8.42 Å². The minimum absolute atomic E-state index is 0.213. The highest BCUT2D eigenvalue weighted by Gasteiger charge is 2.12. The first-order valence-electron chi connectivity index (χ1n) is 6.92. The Morgan fingerprint density at radius 2 is 2.13 bits per heavy atom. The van der Waals surface area contributed by atoms with Gasteiger partial charge in [0.2, 0.25) is 10.0 Å². The summed E-state index contributed by atoms with van der Waals surface area (Å²) in [5, 5.41) is 9.62. The highest BCUT2D eigenvalue weighted by molar-refractivity contribution is 7.88. The number of guanidine groups is 1. The van der Waals surface area contributed by atoms with Gasteiger partial charge >= 0.3 is 0 Å². The Morgan fingerprint density at radius 1 is 1.26 bits per heavy atom. The molecule has 0 spiro atoms. The van der Waals surface area contributed by atoms with Crippen LogP contribution >= 0.6 is 0 Å². The van der Waals surface area contributed by atoms with Crippen LogP contribution in [0.5, 0.6) is 0 Å². The molecule has 0 radical (unpaired) electrons. The van der Waals surface area contributed by atoms with Crippen molar-refractivity contribution in [2.75, 3.05) is 20.1 Å². The standard InChI is InChI=1S/C13H19N5O4S/c1-14-13(16-9-12-3-2-7-21-12)15-5-6-17-23(19,20)10-11-4-8-22-18-11/h2-4,7-8,17H,5-6,9-10H2,1H3,(H2,14,15,16). The zero-order valence-electron chi connectivity index (χ0n) is 12.7. The number of nitrogens with one attached hydrogen (secondary N) is 3. The normalized spacial score (nSPS) is 12.3. The van der Waals surface area contributed by atoms with Gasteiger partial charge in [-0.15, -0.1) is 0 Å². The third kappa shape index (κ3) is 6.12. The van der Waals surface area contributed by atoms with Crippen LogP contribution in [-0.2, 0) is 22.3 Å². The largest absolute Gasteiger partial charge is 0.467 e. The number of aliphatic imine (C=N–C) groups is 1. The second-order valence-corrected chi connectivity index (χ2v) is 6.38. The van der Waals surface area contributed by atoms with E-state index in [1.165, 1.54) is 12.3 Å². The number of hydrogen-bond acceptors (Lipinski definition) is 6. The number of nitrogens with zero attached hydrogens (tertiary/aromatic N) is 2. The van der Waals surface area contributed by atoms with Crippen LogP contribution in [0, 0.1) is 0 Å². The summed E-state index contributed by atoms with van der Waals surface area (Å²) in [4.78, 5) is 4.04. The van der Waals surface area contributed by atoms with Gasteiger partial charge in [-0.1, -0.05) is 5.16 Å². The summed E-state index contributed by atoms with van der Waals surface area (Å²) >= 11 is 0. The lowest BCUT2D eigenvalue weighted by atomic mass is 10.4. The Kier molecular flexibility index (Phi) is 6.18. The molecule has 0 amide bonds. The maximum Gasteiger partial charge on any atom is 0.217 e. The third-order valence-electron chi connectivity index (χ3n) is 2.80. The maximum absolute atomic E-state index is 11.8. The Balaban J connectivity index is 1.67. The minimum Gasteiger partial charge on any atom is -0.467 e. The van der Waals surface area contributed by atoms with Crippen LogP contribution in [0.15, 0.2) is 44.7 Å². The minimum atomic E-state index is -3.44. The number of aromatic nitrogens is 1. The Labute approximate surface area is 134 Å². The molecule has 0 atom stereocenters. The predicted molar refractivity (Wildman–Crippen MR) is 84.0 cm³/mol. The zero-order valence-corrected chi connectivity index (χ0v) is 13.5. The molecule has 23 heavy (non-hydrogen) atoms. The topological polar surface area (TPSA) is 122 Å². The summed E-state index contributed by atoms with van der Waals surface area (Å²) in [6.45, 7) is 1.10. The second kappa shape index (κ2) is 8.34. The molecule has 0 fully saturated rings. The summed E-state index contributed by atoms with van der Waals surface area (Å²) in [6, 6.07) is 5.16. The van der Waals surface area contributed by atoms with Gasteiger partial charge in [0.05, 0.1) is 18.5 Å². The molecule has 0 aliphatic rings. The van der Waals surface area contributed by atoms with E-state index in [1.807, 2.05) is 6.07 Å². The fourth-order valence-corrected chi connectivity index (χ4v) is 2.80. The van der Waals surface area contributed by atoms with E-state index in [1.54, 1.807) is 19.4 Å². The van der Waals surface area contributed by atoms with Crippen molar-refractivity contribution in [3.05, 3.63) is 42.2 Å². The first kappa shape index (κ1) is 17.0. The summed E-state index contributed by atoms with van der Waals surface area (Å²) in [5.41, 5.74) is 0.362. The average molecular weight is 341 g/mol. The fourth-order valence-electron chi connectivity index (χ4n) is 1.75. The van der Waals surface area contributed by atoms with Crippen LogP contribution in [0.2, 0.25) is 0 Å². The molecule has 0 aliphatic heterocycles. The van der Waals surface area contributed by atoms with Gasteiger partial charge in [0.25, 0.3) is 0 Å². The molecule has 0 aliphatic carbocycles. The van der Waals surface area contributed by atoms with Crippen LogP contribution in [-0.4, -0.2) is 39.7 Å². The van der Waals surface area contributed by atoms with Gasteiger partial charge in [-0.2, -0.15) is 0 Å². The Hall–Kier alpha value is -2.33. The van der Waals surface area contributed by atoms with E-state index in [0.717, 1.165) is 5.76 Å². The molecule has 2 aromatic heterocycles. The van der Waals surface area contributed by atoms with Crippen molar-refractivity contribution in [2.45, 2.75) is 12.3 Å². The monoisotopic (exact) mass is 341 g/mol. The molecule has 2 aromatic rings. The van der Waals surface area contributed by atoms with Crippen LogP contribution in [0.1, 0.15) is 11.5 Å². The molecule has 10 heteroatoms. The molecule has 0 saturated carbocycles. The lowest BCUT2D eigenvalue weighted by molar-refractivity contribution is 0.413. The summed E-state index contributed by atoms with van der Waals surface area (Å²) in [5.74, 6) is 1.12. The molecule has 0 unspecified atom stereocenters. The molecule has 2 heterocycles. The van der Waals surface area contributed by atoms with E-state index >= 15 is 0 Å². The van der Waals surface area contributed by atoms with Crippen molar-refractivity contribution >= 4 is 16.0 Å². The van der Waals surface area contributed by atoms with Gasteiger partial charge in [-0.05, 0) is 12.1 Å². The van der Waals surface area contributed by atoms with Crippen molar-refractivity contribution in [1.82, 2.24) is 20.5 Å². The molecule has 2 rings (SSSR count). The van der Waals surface area contributed by atoms with E-state index in [4.69, 9.17) is 4.42 Å². The Morgan fingerprint density at radius 3 is 2.78 bits per heavy atom. The second-order valence-electron chi connectivity index (χ2n) is 4.58. The smallest absolute Gasteiger partial charge is 0.217 e. The van der Waals surface area contributed by atoms with Crippen molar-refractivity contribution in [3.63, 3.8) is 0 Å². The van der Waals surface area contributed by atoms with Gasteiger partial charge in [0.1, 0.15) is 17.8 Å². The van der Waals surface area contributed by atoms with Crippen molar-refractivity contribution in [2.24, 2.45) is 4.99 Å². The molecule has 0 aromatic carbocycles. The van der Waals surface area contributed by atoms with Crippen LogP contribution < -0.4 is 15.4 Å². The zero-order chi connectivity index (χ0) is 16.5. The molecule has 126 valence electrons. The van der Waals surface area contributed by atoms with Crippen LogP contribution in [0.25, 0.3) is 0 Å². The summed E-state index contributed by atoms with van der Waals surface area (Å²) in [7, 11) is -1.81. The van der Waals surface area contributed by atoms with Crippen LogP contribution in [0.3, 0.4) is 0 Å². The average Bonchev–Trinajstić information content (AvgIpc) is 3.19. The summed E-state index contributed by atoms with van der Waals surface area (Å²) < 4.78 is 35.9. The first-order chi connectivity index (χ1) is 11.1. The maximum atomic E-state index is 11.8. The quantitative estimate of drug-likeness (QED) is 0.352. The third-order valence-corrected chi connectivity index (χ3v) is 4.12. The molecular formula is C13H19N5O4S. The lowest BCUT2D eigenvalue weighted by Gasteiger charge is -2.11. The van der Waals surface area contributed by atoms with E-state index in [2.05, 4.69) is 30.0 Å². The summed E-state index contributed by atoms with van der Waals surface area (Å²) in [6.07, 6.45) is 2.93. The van der Waals surface area contributed by atoms with Gasteiger partial charge < -0.3 is 19.6 Å². The fraction of sp³-hybridized carbons (Fsp3) is 0.385. The molecule has 3 N–H and O–H groups in total. The van der Waals surface area contributed by atoms with Crippen molar-refractivity contribution in [3.8, 4) is 0 Å². The highest BCUT2D eigenvalue weighted by Crippen LogP contribution is 2.00. The molecular weight excluding hydrogens is 322 g/mol. The predicted octanol–water partition coefficient (Wildman–Crippen LogP) is 0.0522. The molecule has 0 saturated heterocycles. The van der Waals surface area contributed by atoms with Gasteiger partial charge in [-0.25, -0.2) is 13.1 Å². The van der Waals surface area contributed by atoms with Gasteiger partial charge in [0.15, 0.2) is 5.96 Å². The van der Waals surface area contributed by atoms with Crippen molar-refractivity contribution < 1.29 is 17.4 Å². The Bertz CT molecular complexity index is 695. The van der Waals surface area contributed by atoms with Crippen LogP contribution in [0.4, 0.5) is 0 Å². The van der Waals surface area contributed by atoms with Gasteiger partial charge in [-0.3, -0.25) is 4.99 Å². The van der Waals surface area contributed by atoms with E-state index < -0.39 is 10.0 Å². The van der Waals surface area contributed by atoms with E-state index in [0.29, 0.717) is 24.7 Å². The number of furan rings is 1. The van der Waals surface area contributed by atoms with Gasteiger partial charge in [0, 0.05) is 26.2 Å². The van der Waals surface area contributed by atoms with Crippen molar-refractivity contribution in [1.29, 1.82) is 0 Å². The molecule has 9 nitrogen and oxygen atoms in total. The highest BCUT2D eigenvalue weighted by atomic mass is 32.2. The SMILES string of the molecule is CN=C(NCCNS(=O)(=O)Cc1ccon1)NCc1ccco1.